The Morgan fingerprint density at radius 2 is 1.12 bits per heavy atom. The molecule has 0 atom stereocenters. The van der Waals surface area contributed by atoms with Crippen molar-refractivity contribution in [2.45, 2.75) is 20.8 Å². The molecule has 4 aromatic rings. The highest BCUT2D eigenvalue weighted by molar-refractivity contribution is 9.10. The molecule has 0 radical (unpaired) electrons. The highest BCUT2D eigenvalue weighted by Crippen LogP contribution is 2.30. The summed E-state index contributed by atoms with van der Waals surface area (Å²) in [4.78, 5) is 14.3. The van der Waals surface area contributed by atoms with E-state index in [0.29, 0.717) is 28.6 Å². The number of nitriles is 2. The van der Waals surface area contributed by atoms with Gasteiger partial charge in [0.05, 0.1) is 23.3 Å². The zero-order valence-corrected chi connectivity index (χ0v) is 19.4. The van der Waals surface area contributed by atoms with Crippen molar-refractivity contribution in [1.82, 2.24) is 15.0 Å². The third kappa shape index (κ3) is 4.14. The molecule has 0 amide bonds. The van der Waals surface area contributed by atoms with E-state index in [9.17, 15) is 10.5 Å². The molecule has 0 aliphatic carbocycles. The quantitative estimate of drug-likeness (QED) is 0.343. The molecule has 0 aliphatic heterocycles. The van der Waals surface area contributed by atoms with Gasteiger partial charge in [-0.1, -0.05) is 22.0 Å². The Labute approximate surface area is 195 Å². The molecule has 0 bridgehead atoms. The monoisotopic (exact) mass is 479 g/mol. The van der Waals surface area contributed by atoms with E-state index in [4.69, 9.17) is 15.0 Å². The Kier molecular flexibility index (Phi) is 5.81. The Balaban J connectivity index is 1.96. The van der Waals surface area contributed by atoms with Gasteiger partial charge < -0.3 is 0 Å². The van der Waals surface area contributed by atoms with Crippen LogP contribution in [0.1, 0.15) is 27.8 Å². The fourth-order valence-corrected chi connectivity index (χ4v) is 3.74. The smallest absolute Gasteiger partial charge is 0.164 e. The maximum Gasteiger partial charge on any atom is 0.164 e. The summed E-state index contributed by atoms with van der Waals surface area (Å²) in [5.74, 6) is 1.64. The molecule has 0 N–H and O–H groups in total. The normalized spacial score (nSPS) is 10.4. The molecule has 4 rings (SSSR count). The molecule has 32 heavy (non-hydrogen) atoms. The Morgan fingerprint density at radius 3 is 1.56 bits per heavy atom. The molecule has 0 saturated carbocycles. The topological polar surface area (TPSA) is 86.2 Å². The zero-order valence-electron chi connectivity index (χ0n) is 17.8. The first-order valence-electron chi connectivity index (χ1n) is 9.94. The summed E-state index contributed by atoms with van der Waals surface area (Å²) in [5, 5.41) is 18.4. The summed E-state index contributed by atoms with van der Waals surface area (Å²) in [5.41, 5.74) is 6.65. The van der Waals surface area contributed by atoms with Crippen LogP contribution in [0.2, 0.25) is 0 Å². The van der Waals surface area contributed by atoms with Crippen LogP contribution in [0.15, 0.2) is 59.1 Å². The first-order chi connectivity index (χ1) is 15.4. The van der Waals surface area contributed by atoms with Crippen molar-refractivity contribution < 1.29 is 0 Å². The van der Waals surface area contributed by atoms with Gasteiger partial charge in [-0.2, -0.15) is 10.5 Å². The minimum absolute atomic E-state index is 0.538. The van der Waals surface area contributed by atoms with Crippen LogP contribution in [0.5, 0.6) is 0 Å². The maximum absolute atomic E-state index is 9.21. The molecular formula is C26H18BrN5. The van der Waals surface area contributed by atoms with Gasteiger partial charge in [-0.15, -0.1) is 0 Å². The predicted octanol–water partition coefficient (Wildman–Crippen LogP) is 6.30. The largest absolute Gasteiger partial charge is 0.208 e. The van der Waals surface area contributed by atoms with Gasteiger partial charge in [-0.3, -0.25) is 0 Å². The first kappa shape index (κ1) is 21.4. The van der Waals surface area contributed by atoms with Gasteiger partial charge in [0, 0.05) is 21.2 Å². The van der Waals surface area contributed by atoms with Gasteiger partial charge >= 0.3 is 0 Å². The van der Waals surface area contributed by atoms with Gasteiger partial charge in [-0.05, 0) is 86.0 Å². The summed E-state index contributed by atoms with van der Waals surface area (Å²) >= 11 is 3.54. The van der Waals surface area contributed by atoms with E-state index in [0.717, 1.165) is 37.9 Å². The molecule has 0 spiro atoms. The van der Waals surface area contributed by atoms with Crippen LogP contribution < -0.4 is 0 Å². The number of rotatable bonds is 3. The SMILES string of the molecule is Cc1cc(-c2nc(-c3ccc(C#N)cc3C)nc(-c3ccc(C#N)cc3C)n2)ccc1Br. The number of hydrogen-bond donors (Lipinski definition) is 0. The second kappa shape index (κ2) is 8.70. The molecule has 1 heterocycles. The van der Waals surface area contributed by atoms with Crippen LogP contribution in [0.25, 0.3) is 34.2 Å². The number of benzene rings is 3. The van der Waals surface area contributed by atoms with Crippen molar-refractivity contribution >= 4 is 15.9 Å². The second-order valence-electron chi connectivity index (χ2n) is 7.55. The van der Waals surface area contributed by atoms with E-state index in [1.807, 2.05) is 63.2 Å². The van der Waals surface area contributed by atoms with Crippen LogP contribution in [0, 0.1) is 43.4 Å². The highest BCUT2D eigenvalue weighted by Gasteiger charge is 2.16. The average molecular weight is 480 g/mol. The molecule has 0 unspecified atom stereocenters. The van der Waals surface area contributed by atoms with Crippen LogP contribution in [0.3, 0.4) is 0 Å². The van der Waals surface area contributed by atoms with Crippen molar-refractivity contribution in [2.75, 3.05) is 0 Å². The molecule has 1 aromatic heterocycles. The molecule has 0 fully saturated rings. The molecular weight excluding hydrogens is 462 g/mol. The average Bonchev–Trinajstić information content (AvgIpc) is 2.80. The fraction of sp³-hybridized carbons (Fsp3) is 0.115. The fourth-order valence-electron chi connectivity index (χ4n) is 3.50. The van der Waals surface area contributed by atoms with E-state index >= 15 is 0 Å². The summed E-state index contributed by atoms with van der Waals surface area (Å²) < 4.78 is 1.02. The summed E-state index contributed by atoms with van der Waals surface area (Å²) in [6.45, 7) is 5.90. The lowest BCUT2D eigenvalue weighted by molar-refractivity contribution is 1.07. The molecule has 6 heteroatoms. The number of hydrogen-bond acceptors (Lipinski definition) is 5. The number of aryl methyl sites for hydroxylation is 3. The first-order valence-corrected chi connectivity index (χ1v) is 10.7. The van der Waals surface area contributed by atoms with Crippen molar-refractivity contribution in [3.05, 3.63) is 86.9 Å². The van der Waals surface area contributed by atoms with Gasteiger partial charge in [-0.25, -0.2) is 15.0 Å². The third-order valence-corrected chi connectivity index (χ3v) is 6.13. The Morgan fingerprint density at radius 1 is 0.625 bits per heavy atom. The zero-order chi connectivity index (χ0) is 22.8. The van der Waals surface area contributed by atoms with Crippen LogP contribution in [-0.4, -0.2) is 15.0 Å². The Hall–Kier alpha value is -3.87. The number of nitrogens with zero attached hydrogens (tertiary/aromatic N) is 5. The molecule has 3 aromatic carbocycles. The lowest BCUT2D eigenvalue weighted by atomic mass is 10.0. The van der Waals surface area contributed by atoms with E-state index in [2.05, 4.69) is 28.1 Å². The van der Waals surface area contributed by atoms with Gasteiger partial charge in [0.2, 0.25) is 0 Å². The Bertz CT molecular complexity index is 1360. The van der Waals surface area contributed by atoms with Gasteiger partial charge in [0.1, 0.15) is 0 Å². The van der Waals surface area contributed by atoms with Crippen molar-refractivity contribution in [1.29, 1.82) is 10.5 Å². The van der Waals surface area contributed by atoms with E-state index < -0.39 is 0 Å². The molecule has 5 nitrogen and oxygen atoms in total. The minimum atomic E-state index is 0.538. The third-order valence-electron chi connectivity index (χ3n) is 5.24. The summed E-state index contributed by atoms with van der Waals surface area (Å²) in [6, 6.07) is 21.2. The van der Waals surface area contributed by atoms with Crippen molar-refractivity contribution in [2.24, 2.45) is 0 Å². The van der Waals surface area contributed by atoms with E-state index in [1.165, 1.54) is 0 Å². The van der Waals surface area contributed by atoms with Crippen molar-refractivity contribution in [3.8, 4) is 46.3 Å². The molecule has 154 valence electrons. The second-order valence-corrected chi connectivity index (χ2v) is 8.41. The minimum Gasteiger partial charge on any atom is -0.208 e. The lowest BCUT2D eigenvalue weighted by Gasteiger charge is -2.12. The van der Waals surface area contributed by atoms with Crippen molar-refractivity contribution in [3.63, 3.8) is 0 Å². The number of halogens is 1. The van der Waals surface area contributed by atoms with Gasteiger partial charge in [0.15, 0.2) is 17.5 Å². The van der Waals surface area contributed by atoms with E-state index in [-0.39, 0.29) is 0 Å². The predicted molar refractivity (Wildman–Crippen MR) is 127 cm³/mol. The number of aromatic nitrogens is 3. The highest BCUT2D eigenvalue weighted by atomic mass is 79.9. The van der Waals surface area contributed by atoms with Crippen LogP contribution in [0.4, 0.5) is 0 Å². The maximum atomic E-state index is 9.21. The van der Waals surface area contributed by atoms with Crippen LogP contribution >= 0.6 is 15.9 Å². The van der Waals surface area contributed by atoms with E-state index in [1.54, 1.807) is 12.1 Å². The lowest BCUT2D eigenvalue weighted by Crippen LogP contribution is -2.02. The summed E-state index contributed by atoms with van der Waals surface area (Å²) in [7, 11) is 0. The van der Waals surface area contributed by atoms with Gasteiger partial charge in [0.25, 0.3) is 0 Å². The standard InChI is InChI=1S/C26H18BrN5/c1-15-10-18(13-28)4-7-21(15)25-30-24(20-6-9-23(27)17(3)12-20)31-26(32-25)22-8-5-19(14-29)11-16(22)2/h4-12H,1-3H3. The van der Waals surface area contributed by atoms with Crippen LogP contribution in [-0.2, 0) is 0 Å². The molecule has 0 aliphatic rings. The molecule has 0 saturated heterocycles. The summed E-state index contributed by atoms with van der Waals surface area (Å²) in [6.07, 6.45) is 0.